The molecule has 1 nitrogen and oxygen atoms in total. The van der Waals surface area contributed by atoms with Crippen molar-refractivity contribution in [2.24, 2.45) is 17.6 Å². The molecule has 0 spiro atoms. The third-order valence-corrected chi connectivity index (χ3v) is 2.85. The van der Waals surface area contributed by atoms with Gasteiger partial charge in [-0.1, -0.05) is 26.2 Å². The minimum absolute atomic E-state index is 0.412. The molecule has 0 aromatic heterocycles. The fourth-order valence-electron chi connectivity index (χ4n) is 2.13. The Morgan fingerprint density at radius 1 is 1.30 bits per heavy atom. The van der Waals surface area contributed by atoms with Gasteiger partial charge in [0, 0.05) is 6.04 Å². The first-order valence-corrected chi connectivity index (χ1v) is 4.47. The van der Waals surface area contributed by atoms with Gasteiger partial charge in [-0.15, -0.1) is 0 Å². The van der Waals surface area contributed by atoms with Crippen LogP contribution in [0.5, 0.6) is 0 Å². The molecule has 0 radical (unpaired) electrons. The van der Waals surface area contributed by atoms with E-state index < -0.39 is 0 Å². The van der Waals surface area contributed by atoms with Crippen LogP contribution in [0, 0.1) is 11.8 Å². The molecule has 0 unspecified atom stereocenters. The molecule has 1 rings (SSSR count). The van der Waals surface area contributed by atoms with E-state index in [1.807, 2.05) is 0 Å². The average Bonchev–Trinajstić information content (AvgIpc) is 1.88. The molecule has 0 bridgehead atoms. The van der Waals surface area contributed by atoms with Crippen molar-refractivity contribution in [1.82, 2.24) is 0 Å². The summed E-state index contributed by atoms with van der Waals surface area (Å²) in [5, 5.41) is 0. The van der Waals surface area contributed by atoms with E-state index in [0.717, 1.165) is 11.8 Å². The van der Waals surface area contributed by atoms with E-state index in [1.165, 1.54) is 25.7 Å². The molecule has 0 aromatic carbocycles. The van der Waals surface area contributed by atoms with E-state index in [1.54, 1.807) is 0 Å². The zero-order valence-electron chi connectivity index (χ0n) is 7.14. The summed E-state index contributed by atoms with van der Waals surface area (Å²) in [6.45, 7) is 4.49. The van der Waals surface area contributed by atoms with Gasteiger partial charge in [0.2, 0.25) is 0 Å². The first-order valence-electron chi connectivity index (χ1n) is 4.47. The second-order valence-corrected chi connectivity index (χ2v) is 3.78. The fraction of sp³-hybridized carbons (Fsp3) is 1.00. The van der Waals surface area contributed by atoms with Crippen LogP contribution in [-0.4, -0.2) is 6.04 Å². The smallest absolute Gasteiger partial charge is 0.00413 e. The van der Waals surface area contributed by atoms with Crippen molar-refractivity contribution in [1.29, 1.82) is 0 Å². The second kappa shape index (κ2) is 3.38. The number of nitrogens with two attached hydrogens (primary N) is 1. The molecule has 1 saturated carbocycles. The van der Waals surface area contributed by atoms with E-state index in [2.05, 4.69) is 13.8 Å². The zero-order valence-corrected chi connectivity index (χ0v) is 7.14. The zero-order chi connectivity index (χ0) is 7.56. The summed E-state index contributed by atoms with van der Waals surface area (Å²) in [6.07, 6.45) is 5.58. The molecule has 10 heavy (non-hydrogen) atoms. The number of rotatable bonds is 1. The van der Waals surface area contributed by atoms with Crippen LogP contribution in [0.3, 0.4) is 0 Å². The summed E-state index contributed by atoms with van der Waals surface area (Å²) < 4.78 is 0. The van der Waals surface area contributed by atoms with Gasteiger partial charge in [0.15, 0.2) is 0 Å². The lowest BCUT2D eigenvalue weighted by molar-refractivity contribution is 0.225. The third-order valence-electron chi connectivity index (χ3n) is 2.85. The van der Waals surface area contributed by atoms with Crippen LogP contribution in [0.25, 0.3) is 0 Å². The summed E-state index contributed by atoms with van der Waals surface area (Å²) in [4.78, 5) is 0. The first-order chi connectivity index (χ1) is 4.72. The molecule has 2 N–H and O–H groups in total. The Balaban J connectivity index is 2.40. The topological polar surface area (TPSA) is 26.0 Å². The maximum atomic E-state index is 5.86. The number of hydrogen-bond acceptors (Lipinski definition) is 1. The summed E-state index contributed by atoms with van der Waals surface area (Å²) >= 11 is 0. The highest BCUT2D eigenvalue weighted by Crippen LogP contribution is 2.30. The lowest BCUT2D eigenvalue weighted by Crippen LogP contribution is -2.33. The van der Waals surface area contributed by atoms with E-state index in [9.17, 15) is 0 Å². The monoisotopic (exact) mass is 141 g/mol. The predicted octanol–water partition coefficient (Wildman–Crippen LogP) is 2.16. The molecule has 60 valence electrons. The molecule has 1 aliphatic rings. The average molecular weight is 141 g/mol. The molecule has 1 heteroatoms. The van der Waals surface area contributed by atoms with Crippen LogP contribution in [0.2, 0.25) is 0 Å². The van der Waals surface area contributed by atoms with Gasteiger partial charge in [-0.2, -0.15) is 0 Å². The summed E-state index contributed by atoms with van der Waals surface area (Å²) in [5.74, 6) is 1.67. The van der Waals surface area contributed by atoms with Crippen LogP contribution >= 0.6 is 0 Å². The quantitative estimate of drug-likeness (QED) is 0.595. The molecule has 0 heterocycles. The Kier molecular flexibility index (Phi) is 2.72. The Morgan fingerprint density at radius 2 is 1.90 bits per heavy atom. The number of hydrogen-bond donors (Lipinski definition) is 1. The lowest BCUT2D eigenvalue weighted by Gasteiger charge is -2.31. The highest BCUT2D eigenvalue weighted by molar-refractivity contribution is 4.77. The van der Waals surface area contributed by atoms with Gasteiger partial charge in [0.1, 0.15) is 0 Å². The highest BCUT2D eigenvalue weighted by atomic mass is 14.6. The molecule has 0 aromatic rings. The van der Waals surface area contributed by atoms with E-state index in [0.29, 0.717) is 6.04 Å². The van der Waals surface area contributed by atoms with Gasteiger partial charge >= 0.3 is 0 Å². The molecule has 3 atom stereocenters. The van der Waals surface area contributed by atoms with Gasteiger partial charge in [0.05, 0.1) is 0 Å². The van der Waals surface area contributed by atoms with Gasteiger partial charge in [-0.3, -0.25) is 0 Å². The Morgan fingerprint density at radius 3 is 2.30 bits per heavy atom. The largest absolute Gasteiger partial charge is 0.328 e. The Bertz CT molecular complexity index is 98.9. The van der Waals surface area contributed by atoms with E-state index >= 15 is 0 Å². The molecule has 1 fully saturated rings. The fourth-order valence-corrected chi connectivity index (χ4v) is 2.13. The molecular formula is C9H19N. The summed E-state index contributed by atoms with van der Waals surface area (Å²) in [6, 6.07) is 0.412. The van der Waals surface area contributed by atoms with Crippen molar-refractivity contribution in [3.05, 3.63) is 0 Å². The van der Waals surface area contributed by atoms with Crippen LogP contribution < -0.4 is 5.73 Å². The van der Waals surface area contributed by atoms with Crippen LogP contribution in [0.15, 0.2) is 0 Å². The van der Waals surface area contributed by atoms with Crippen molar-refractivity contribution in [3.8, 4) is 0 Å². The van der Waals surface area contributed by atoms with Crippen molar-refractivity contribution >= 4 is 0 Å². The second-order valence-electron chi connectivity index (χ2n) is 3.78. The summed E-state index contributed by atoms with van der Waals surface area (Å²) in [7, 11) is 0. The van der Waals surface area contributed by atoms with Gasteiger partial charge in [0.25, 0.3) is 0 Å². The van der Waals surface area contributed by atoms with Gasteiger partial charge in [-0.25, -0.2) is 0 Å². The maximum absolute atomic E-state index is 5.86. The third kappa shape index (κ3) is 1.72. The standard InChI is InChI=1S/C9H19N/c1-7-5-3-4-6-9(7)8(2)10/h7-9H,3-6,10H2,1-2H3/t7-,8+,9+/m1/s1. The molecule has 0 amide bonds. The Hall–Kier alpha value is -0.0400. The Labute approximate surface area is 64.0 Å². The van der Waals surface area contributed by atoms with Crippen molar-refractivity contribution in [2.45, 2.75) is 45.6 Å². The molecule has 1 aliphatic carbocycles. The predicted molar refractivity (Wildman–Crippen MR) is 44.8 cm³/mol. The molecular weight excluding hydrogens is 122 g/mol. The minimum atomic E-state index is 0.412. The van der Waals surface area contributed by atoms with Gasteiger partial charge in [-0.05, 0) is 25.2 Å². The van der Waals surface area contributed by atoms with Crippen molar-refractivity contribution in [2.75, 3.05) is 0 Å². The minimum Gasteiger partial charge on any atom is -0.328 e. The molecule has 0 aliphatic heterocycles. The van der Waals surface area contributed by atoms with Crippen LogP contribution in [-0.2, 0) is 0 Å². The van der Waals surface area contributed by atoms with Gasteiger partial charge < -0.3 is 5.73 Å². The maximum Gasteiger partial charge on any atom is 0.00413 e. The van der Waals surface area contributed by atoms with Crippen LogP contribution in [0.4, 0.5) is 0 Å². The normalized spacial score (nSPS) is 37.5. The van der Waals surface area contributed by atoms with E-state index in [-0.39, 0.29) is 0 Å². The van der Waals surface area contributed by atoms with Crippen molar-refractivity contribution < 1.29 is 0 Å². The summed E-state index contributed by atoms with van der Waals surface area (Å²) in [5.41, 5.74) is 5.86. The van der Waals surface area contributed by atoms with E-state index in [4.69, 9.17) is 5.73 Å². The lowest BCUT2D eigenvalue weighted by atomic mass is 9.77. The van der Waals surface area contributed by atoms with Crippen molar-refractivity contribution in [3.63, 3.8) is 0 Å². The first kappa shape index (κ1) is 8.06. The highest BCUT2D eigenvalue weighted by Gasteiger charge is 2.23. The SMILES string of the molecule is C[C@H](N)[C@H]1CCCC[C@H]1C. The molecule has 0 saturated heterocycles. The van der Waals surface area contributed by atoms with Crippen LogP contribution in [0.1, 0.15) is 39.5 Å².